The van der Waals surface area contributed by atoms with Gasteiger partial charge < -0.3 is 20.1 Å². The lowest BCUT2D eigenvalue weighted by Crippen LogP contribution is -2.29. The molecule has 0 radical (unpaired) electrons. The fourth-order valence-corrected chi connectivity index (χ4v) is 3.01. The largest absolute Gasteiger partial charge is 0.444 e. The second kappa shape index (κ2) is 9.67. The van der Waals surface area contributed by atoms with Crippen LogP contribution in [-0.4, -0.2) is 35.3 Å². The standard InChI is InChI=1S/C18H22FN5O3S/c1-2-5-21-18(25)27-12-6-16(26-10-12)11-8-22-17(23-9-11)24-15-4-3-13(28-20)7-14(15)19/h3-4,7-9,12,16H,2,5-6,10,20H2,1H3,(H,21,25)(H,22,23,24). The molecule has 1 saturated heterocycles. The predicted molar refractivity (Wildman–Crippen MR) is 104 cm³/mol. The molecule has 4 N–H and O–H groups in total. The molecule has 1 amide bonds. The summed E-state index contributed by atoms with van der Waals surface area (Å²) in [6, 6.07) is 4.62. The molecule has 8 nitrogen and oxygen atoms in total. The zero-order valence-corrected chi connectivity index (χ0v) is 16.2. The van der Waals surface area contributed by atoms with Gasteiger partial charge in [0.1, 0.15) is 11.9 Å². The number of amides is 1. The Hall–Kier alpha value is -2.43. The van der Waals surface area contributed by atoms with Crippen LogP contribution in [0.1, 0.15) is 31.4 Å². The van der Waals surface area contributed by atoms with Crippen LogP contribution in [0, 0.1) is 5.82 Å². The van der Waals surface area contributed by atoms with Crippen molar-refractivity contribution < 1.29 is 18.7 Å². The predicted octanol–water partition coefficient (Wildman–Crippen LogP) is 3.29. The second-order valence-corrected chi connectivity index (χ2v) is 6.94. The minimum Gasteiger partial charge on any atom is -0.444 e. The number of aromatic nitrogens is 2. The summed E-state index contributed by atoms with van der Waals surface area (Å²) >= 11 is 0.973. The third kappa shape index (κ3) is 5.31. The van der Waals surface area contributed by atoms with Crippen LogP contribution in [0.25, 0.3) is 0 Å². The highest BCUT2D eigenvalue weighted by molar-refractivity contribution is 7.97. The molecule has 0 spiro atoms. The van der Waals surface area contributed by atoms with Crippen molar-refractivity contribution in [3.05, 3.63) is 42.0 Å². The van der Waals surface area contributed by atoms with Crippen LogP contribution in [-0.2, 0) is 9.47 Å². The first-order chi connectivity index (χ1) is 13.6. The fourth-order valence-electron chi connectivity index (χ4n) is 2.69. The van der Waals surface area contributed by atoms with Crippen molar-refractivity contribution in [3.8, 4) is 0 Å². The summed E-state index contributed by atoms with van der Waals surface area (Å²) in [7, 11) is 0. The number of anilines is 2. The summed E-state index contributed by atoms with van der Waals surface area (Å²) in [4.78, 5) is 20.7. The Kier molecular flexibility index (Phi) is 7.01. The zero-order valence-electron chi connectivity index (χ0n) is 15.4. The van der Waals surface area contributed by atoms with E-state index in [0.717, 1.165) is 23.9 Å². The zero-order chi connectivity index (χ0) is 19.9. The lowest BCUT2D eigenvalue weighted by atomic mass is 10.1. The first-order valence-electron chi connectivity index (χ1n) is 8.90. The number of carbonyl (C=O) groups is 1. The molecular formula is C18H22FN5O3S. The quantitative estimate of drug-likeness (QED) is 0.600. The van der Waals surface area contributed by atoms with Gasteiger partial charge in [-0.1, -0.05) is 6.92 Å². The molecule has 150 valence electrons. The van der Waals surface area contributed by atoms with Crippen LogP contribution >= 0.6 is 11.9 Å². The van der Waals surface area contributed by atoms with Crippen LogP contribution in [0.5, 0.6) is 0 Å². The number of alkyl carbamates (subject to hydrolysis) is 1. The average Bonchev–Trinajstić information content (AvgIpc) is 3.16. The van der Waals surface area contributed by atoms with Gasteiger partial charge >= 0.3 is 6.09 Å². The van der Waals surface area contributed by atoms with Gasteiger partial charge in [0.05, 0.1) is 18.4 Å². The molecule has 10 heteroatoms. The fraction of sp³-hybridized carbons (Fsp3) is 0.389. The summed E-state index contributed by atoms with van der Waals surface area (Å²) in [6.45, 7) is 2.86. The van der Waals surface area contributed by atoms with Gasteiger partial charge in [0.25, 0.3) is 0 Å². The molecule has 1 aromatic carbocycles. The topological polar surface area (TPSA) is 111 Å². The van der Waals surface area contributed by atoms with E-state index < -0.39 is 11.9 Å². The first-order valence-corrected chi connectivity index (χ1v) is 9.78. The molecule has 3 rings (SSSR count). The van der Waals surface area contributed by atoms with E-state index in [1.54, 1.807) is 24.5 Å². The summed E-state index contributed by atoms with van der Waals surface area (Å²) in [5.41, 5.74) is 1.02. The van der Waals surface area contributed by atoms with E-state index in [-0.39, 0.29) is 23.8 Å². The highest BCUT2D eigenvalue weighted by Gasteiger charge is 2.30. The van der Waals surface area contributed by atoms with Gasteiger partial charge in [-0.05, 0) is 36.6 Å². The molecule has 1 aliphatic heterocycles. The van der Waals surface area contributed by atoms with E-state index >= 15 is 0 Å². The van der Waals surface area contributed by atoms with Crippen LogP contribution < -0.4 is 15.8 Å². The molecule has 2 aromatic rings. The number of nitrogens with one attached hydrogen (secondary N) is 2. The Labute approximate surface area is 166 Å². The molecular weight excluding hydrogens is 385 g/mol. The maximum absolute atomic E-state index is 14.0. The van der Waals surface area contributed by atoms with Crippen molar-refractivity contribution in [2.75, 3.05) is 18.5 Å². The van der Waals surface area contributed by atoms with Gasteiger partial charge in [-0.25, -0.2) is 19.2 Å². The number of carbonyl (C=O) groups excluding carboxylic acids is 1. The average molecular weight is 407 g/mol. The summed E-state index contributed by atoms with van der Waals surface area (Å²) in [5, 5.41) is 10.9. The van der Waals surface area contributed by atoms with E-state index in [1.807, 2.05) is 6.92 Å². The number of nitrogens with zero attached hydrogens (tertiary/aromatic N) is 2. The minimum atomic E-state index is -0.441. The number of halogens is 1. The summed E-state index contributed by atoms with van der Waals surface area (Å²) < 4.78 is 25.0. The Bertz CT molecular complexity index is 808. The lowest BCUT2D eigenvalue weighted by molar-refractivity contribution is 0.0699. The Morgan fingerprint density at radius 1 is 1.43 bits per heavy atom. The number of benzene rings is 1. The number of hydrogen-bond acceptors (Lipinski definition) is 8. The van der Waals surface area contributed by atoms with E-state index in [9.17, 15) is 9.18 Å². The molecule has 1 fully saturated rings. The van der Waals surface area contributed by atoms with Crippen LogP contribution in [0.3, 0.4) is 0 Å². The molecule has 0 saturated carbocycles. The van der Waals surface area contributed by atoms with Crippen molar-refractivity contribution in [1.29, 1.82) is 0 Å². The molecule has 2 unspecified atom stereocenters. The highest BCUT2D eigenvalue weighted by atomic mass is 32.2. The molecule has 0 bridgehead atoms. The van der Waals surface area contributed by atoms with Gasteiger partial charge in [0, 0.05) is 35.8 Å². The van der Waals surface area contributed by atoms with Crippen LogP contribution in [0.15, 0.2) is 35.5 Å². The van der Waals surface area contributed by atoms with Crippen molar-refractivity contribution in [1.82, 2.24) is 15.3 Å². The van der Waals surface area contributed by atoms with Crippen molar-refractivity contribution in [2.24, 2.45) is 5.14 Å². The van der Waals surface area contributed by atoms with Gasteiger partial charge in [-0.2, -0.15) is 0 Å². The van der Waals surface area contributed by atoms with Crippen molar-refractivity contribution in [3.63, 3.8) is 0 Å². The smallest absolute Gasteiger partial charge is 0.407 e. The van der Waals surface area contributed by atoms with Gasteiger partial charge in [-0.3, -0.25) is 5.14 Å². The highest BCUT2D eigenvalue weighted by Crippen LogP contribution is 2.30. The number of ether oxygens (including phenoxy) is 2. The van der Waals surface area contributed by atoms with Crippen molar-refractivity contribution in [2.45, 2.75) is 36.9 Å². The number of hydrogen-bond donors (Lipinski definition) is 3. The monoisotopic (exact) mass is 407 g/mol. The molecule has 1 aromatic heterocycles. The minimum absolute atomic E-state index is 0.254. The van der Waals surface area contributed by atoms with E-state index in [0.29, 0.717) is 24.5 Å². The van der Waals surface area contributed by atoms with E-state index in [2.05, 4.69) is 20.6 Å². The third-order valence-corrected chi connectivity index (χ3v) is 4.65. The molecule has 0 aliphatic carbocycles. The van der Waals surface area contributed by atoms with Gasteiger partial charge in [-0.15, -0.1) is 0 Å². The normalized spacial score (nSPS) is 18.7. The lowest BCUT2D eigenvalue weighted by Gasteiger charge is -2.12. The Morgan fingerprint density at radius 2 is 2.21 bits per heavy atom. The molecule has 2 heterocycles. The number of rotatable bonds is 7. The van der Waals surface area contributed by atoms with Crippen LogP contribution in [0.2, 0.25) is 0 Å². The number of nitrogens with two attached hydrogens (primary N) is 1. The van der Waals surface area contributed by atoms with E-state index in [1.165, 1.54) is 6.07 Å². The SMILES string of the molecule is CCCNC(=O)OC1COC(c2cnc(Nc3ccc(SN)cc3F)nc2)C1. The molecule has 28 heavy (non-hydrogen) atoms. The molecule has 2 atom stereocenters. The van der Waals surface area contributed by atoms with Gasteiger partial charge in [0.15, 0.2) is 0 Å². The maximum Gasteiger partial charge on any atom is 0.407 e. The van der Waals surface area contributed by atoms with Crippen molar-refractivity contribution >= 4 is 29.7 Å². The van der Waals surface area contributed by atoms with E-state index in [4.69, 9.17) is 14.6 Å². The maximum atomic E-state index is 14.0. The Morgan fingerprint density at radius 3 is 2.89 bits per heavy atom. The molecule has 1 aliphatic rings. The third-order valence-electron chi connectivity index (χ3n) is 4.12. The first kappa shape index (κ1) is 20.3. The summed E-state index contributed by atoms with van der Waals surface area (Å²) in [5.74, 6) is -0.177. The second-order valence-electron chi connectivity index (χ2n) is 6.24. The Balaban J connectivity index is 1.55. The van der Waals surface area contributed by atoms with Gasteiger partial charge in [0.2, 0.25) is 5.95 Å². The van der Waals surface area contributed by atoms with Crippen LogP contribution in [0.4, 0.5) is 20.8 Å². The summed E-state index contributed by atoms with van der Waals surface area (Å²) in [6.07, 6.45) is 3.60.